The Bertz CT molecular complexity index is 1260. The molecule has 35 heavy (non-hydrogen) atoms. The number of sulfonamides is 1. The number of carbonyl (C=O) groups excluding carboxylic acids is 1. The van der Waals surface area contributed by atoms with Crippen molar-refractivity contribution in [3.8, 4) is 12.3 Å². The van der Waals surface area contributed by atoms with Gasteiger partial charge in [-0.25, -0.2) is 17.8 Å². The van der Waals surface area contributed by atoms with Gasteiger partial charge in [0.2, 0.25) is 15.9 Å². The number of hydrogen-bond donors (Lipinski definition) is 3. The van der Waals surface area contributed by atoms with E-state index in [1.165, 1.54) is 19.3 Å². The van der Waals surface area contributed by atoms with Crippen molar-refractivity contribution in [2.45, 2.75) is 12.7 Å². The Balaban J connectivity index is 2.15. The highest BCUT2D eigenvalue weighted by molar-refractivity contribution is 7.92. The summed E-state index contributed by atoms with van der Waals surface area (Å²) in [5.41, 5.74) is -1.05. The summed E-state index contributed by atoms with van der Waals surface area (Å²) in [6.45, 7) is 0.250. The number of anilines is 2. The lowest BCUT2D eigenvalue weighted by molar-refractivity contribution is -0.141. The first-order valence-electron chi connectivity index (χ1n) is 9.88. The summed E-state index contributed by atoms with van der Waals surface area (Å²) in [5, 5.41) is 5.20. The van der Waals surface area contributed by atoms with Crippen molar-refractivity contribution in [1.29, 1.82) is 0 Å². The number of benzene rings is 1. The lowest BCUT2D eigenvalue weighted by Crippen LogP contribution is -2.21. The molecule has 3 N–H and O–H groups in total. The molecule has 0 aliphatic heterocycles. The van der Waals surface area contributed by atoms with Crippen molar-refractivity contribution < 1.29 is 35.5 Å². The number of carbonyl (C=O) groups is 1. The zero-order chi connectivity index (χ0) is 26.2. The van der Waals surface area contributed by atoms with Gasteiger partial charge in [0, 0.05) is 31.8 Å². The number of hydrogen-bond acceptors (Lipinski definition) is 6. The van der Waals surface area contributed by atoms with E-state index in [0.29, 0.717) is 0 Å². The van der Waals surface area contributed by atoms with Gasteiger partial charge in [0.1, 0.15) is 17.3 Å². The molecule has 1 heterocycles. The van der Waals surface area contributed by atoms with Gasteiger partial charge in [-0.1, -0.05) is 5.92 Å². The Morgan fingerprint density at radius 3 is 2.60 bits per heavy atom. The van der Waals surface area contributed by atoms with Gasteiger partial charge in [0.25, 0.3) is 0 Å². The highest BCUT2D eigenvalue weighted by Crippen LogP contribution is 2.30. The van der Waals surface area contributed by atoms with Crippen molar-refractivity contribution in [3.63, 3.8) is 0 Å². The van der Waals surface area contributed by atoms with Crippen LogP contribution in [0.15, 0.2) is 30.3 Å². The van der Waals surface area contributed by atoms with Crippen LogP contribution in [-0.4, -0.2) is 45.8 Å². The molecular weight excluding hydrogens is 492 g/mol. The van der Waals surface area contributed by atoms with Crippen LogP contribution in [0.5, 0.6) is 0 Å². The molecule has 0 radical (unpaired) electrons. The van der Waals surface area contributed by atoms with Crippen LogP contribution in [0.2, 0.25) is 0 Å². The lowest BCUT2D eigenvalue weighted by Gasteiger charge is -2.12. The van der Waals surface area contributed by atoms with E-state index in [1.807, 2.05) is 4.72 Å². The lowest BCUT2D eigenvalue weighted by atomic mass is 10.1. The fraction of sp³-hybridized carbons (Fsp3) is 0.273. The molecule has 0 atom stereocenters. The Kier molecular flexibility index (Phi) is 9.21. The summed E-state index contributed by atoms with van der Waals surface area (Å²) in [6.07, 6.45) is 3.87. The molecule has 0 aliphatic carbocycles. The highest BCUT2D eigenvalue weighted by Gasteiger charge is 2.33. The second-order valence-electron chi connectivity index (χ2n) is 7.12. The normalized spacial score (nSPS) is 11.8. The number of pyridine rings is 1. The third-order valence-corrected chi connectivity index (χ3v) is 4.86. The number of nitrogens with zero attached hydrogens (tertiary/aromatic N) is 1. The minimum Gasteiger partial charge on any atom is -0.383 e. The quantitative estimate of drug-likeness (QED) is 0.195. The topological polar surface area (TPSA) is 109 Å². The monoisotopic (exact) mass is 514 g/mol. The Morgan fingerprint density at radius 2 is 2.00 bits per heavy atom. The van der Waals surface area contributed by atoms with Gasteiger partial charge in [-0.3, -0.25) is 9.52 Å². The molecule has 1 aromatic heterocycles. The summed E-state index contributed by atoms with van der Waals surface area (Å²) in [4.78, 5) is 15.8. The first kappa shape index (κ1) is 27.6. The summed E-state index contributed by atoms with van der Waals surface area (Å²) >= 11 is 0. The molecule has 0 saturated carbocycles. The standard InChI is InChI=1S/C22H22F4N4O4S/c1-4-15-11-14(12-17(23)20(15)30-35(3,32)33)13-28-19(31)8-6-16-5-7-18(22(24,25)26)29-21(16)27-9-10-34-2/h1,5-8,11-12,30H,9-10,13H2,2-3H3,(H,27,29)(H,28,31). The van der Waals surface area contributed by atoms with E-state index in [0.717, 1.165) is 30.5 Å². The highest BCUT2D eigenvalue weighted by atomic mass is 32.2. The molecule has 13 heteroatoms. The van der Waals surface area contributed by atoms with Gasteiger partial charge in [0.05, 0.1) is 24.1 Å². The number of amides is 1. The maximum absolute atomic E-state index is 14.4. The Morgan fingerprint density at radius 1 is 1.29 bits per heavy atom. The van der Waals surface area contributed by atoms with Crippen LogP contribution in [0.4, 0.5) is 29.1 Å². The fourth-order valence-electron chi connectivity index (χ4n) is 2.76. The largest absolute Gasteiger partial charge is 0.433 e. The predicted octanol–water partition coefficient (Wildman–Crippen LogP) is 2.98. The minimum absolute atomic E-state index is 0.0576. The van der Waals surface area contributed by atoms with E-state index in [9.17, 15) is 30.8 Å². The van der Waals surface area contributed by atoms with Crippen LogP contribution in [0, 0.1) is 18.2 Å². The minimum atomic E-state index is -4.64. The van der Waals surface area contributed by atoms with Gasteiger partial charge < -0.3 is 15.4 Å². The van der Waals surface area contributed by atoms with Crippen LogP contribution in [0.1, 0.15) is 22.4 Å². The maximum atomic E-state index is 14.4. The number of halogens is 4. The summed E-state index contributed by atoms with van der Waals surface area (Å²) in [7, 11) is -2.34. The molecule has 2 aromatic rings. The molecule has 0 saturated heterocycles. The van der Waals surface area contributed by atoms with Crippen molar-refractivity contribution >= 4 is 33.5 Å². The molecule has 8 nitrogen and oxygen atoms in total. The number of alkyl halides is 3. The van der Waals surface area contributed by atoms with E-state index in [1.54, 1.807) is 0 Å². The summed E-state index contributed by atoms with van der Waals surface area (Å²) in [6, 6.07) is 4.29. The van der Waals surface area contributed by atoms with Crippen LogP contribution < -0.4 is 15.4 Å². The number of rotatable bonds is 10. The zero-order valence-corrected chi connectivity index (χ0v) is 19.5. The van der Waals surface area contributed by atoms with Crippen molar-refractivity contribution in [2.24, 2.45) is 0 Å². The first-order chi connectivity index (χ1) is 16.3. The Hall–Kier alpha value is -3.63. The third-order valence-electron chi connectivity index (χ3n) is 4.29. The Labute approximate surface area is 199 Å². The fourth-order valence-corrected chi connectivity index (χ4v) is 3.34. The first-order valence-corrected chi connectivity index (χ1v) is 11.8. The number of aromatic nitrogens is 1. The van der Waals surface area contributed by atoms with E-state index in [4.69, 9.17) is 11.2 Å². The molecule has 0 unspecified atom stereocenters. The van der Waals surface area contributed by atoms with Gasteiger partial charge >= 0.3 is 6.18 Å². The molecule has 0 aliphatic rings. The molecule has 1 amide bonds. The summed E-state index contributed by atoms with van der Waals surface area (Å²) < 4.78 is 83.0. The van der Waals surface area contributed by atoms with Crippen LogP contribution >= 0.6 is 0 Å². The van der Waals surface area contributed by atoms with Crippen molar-refractivity contribution in [3.05, 3.63) is 58.5 Å². The average Bonchev–Trinajstić information content (AvgIpc) is 2.76. The number of methoxy groups -OCH3 is 1. The smallest absolute Gasteiger partial charge is 0.383 e. The van der Waals surface area contributed by atoms with Gasteiger partial charge in [-0.2, -0.15) is 13.2 Å². The maximum Gasteiger partial charge on any atom is 0.433 e. The number of nitrogens with one attached hydrogen (secondary N) is 3. The van der Waals surface area contributed by atoms with E-state index >= 15 is 0 Å². The van der Waals surface area contributed by atoms with Gasteiger partial charge in [-0.05, 0) is 35.9 Å². The predicted molar refractivity (Wildman–Crippen MR) is 123 cm³/mol. The van der Waals surface area contributed by atoms with Crippen LogP contribution in [0.25, 0.3) is 6.08 Å². The zero-order valence-electron chi connectivity index (χ0n) is 18.7. The van der Waals surface area contributed by atoms with Gasteiger partial charge in [0.15, 0.2) is 0 Å². The molecular formula is C22H22F4N4O4S. The average molecular weight is 515 g/mol. The van der Waals surface area contributed by atoms with Crippen molar-refractivity contribution in [1.82, 2.24) is 10.3 Å². The molecule has 1 aromatic carbocycles. The van der Waals surface area contributed by atoms with Gasteiger partial charge in [-0.15, -0.1) is 6.42 Å². The second kappa shape index (κ2) is 11.7. The molecule has 2 rings (SSSR count). The van der Waals surface area contributed by atoms with Crippen LogP contribution in [-0.2, 0) is 32.3 Å². The van der Waals surface area contributed by atoms with Crippen LogP contribution in [0.3, 0.4) is 0 Å². The number of terminal acetylenes is 1. The van der Waals surface area contributed by atoms with E-state index in [2.05, 4.69) is 21.5 Å². The molecule has 0 bridgehead atoms. The van der Waals surface area contributed by atoms with E-state index < -0.39 is 33.6 Å². The molecule has 0 spiro atoms. The molecule has 188 valence electrons. The second-order valence-corrected chi connectivity index (χ2v) is 8.87. The van der Waals surface area contributed by atoms with E-state index in [-0.39, 0.29) is 47.9 Å². The molecule has 0 fully saturated rings. The SMILES string of the molecule is C#Cc1cc(CNC(=O)C=Cc2ccc(C(F)(F)F)nc2NCCOC)cc(F)c1NS(C)(=O)=O. The third kappa shape index (κ3) is 8.58. The summed E-state index contributed by atoms with van der Waals surface area (Å²) in [5.74, 6) is 0.538. The number of ether oxygens (including phenoxy) is 1. The van der Waals surface area contributed by atoms with Crippen molar-refractivity contribution in [2.75, 3.05) is 36.6 Å².